The van der Waals surface area contributed by atoms with Crippen molar-refractivity contribution in [2.45, 2.75) is 0 Å². The fourth-order valence-corrected chi connectivity index (χ4v) is 29.1. The monoisotopic (exact) mass is 1840 g/mol. The van der Waals surface area contributed by atoms with Crippen LogP contribution in [-0.4, -0.2) is 20.1 Å². The lowest BCUT2D eigenvalue weighted by molar-refractivity contribution is 0.668. The molecule has 0 unspecified atom stereocenters. The number of rotatable bonds is 8. The summed E-state index contributed by atoms with van der Waals surface area (Å²) in [6, 6.07) is 161. The Morgan fingerprint density at radius 1 is 0.177 bits per heavy atom. The molecule has 0 saturated heterocycles. The van der Waals surface area contributed by atoms with E-state index in [0.29, 0.717) is 0 Å². The second-order valence-electron chi connectivity index (χ2n) is 38.2. The number of thiophene rings is 3. The van der Waals surface area contributed by atoms with Gasteiger partial charge in [0.1, 0.15) is 27.9 Å². The third-order valence-electron chi connectivity index (χ3n) is 31.2. The summed E-state index contributed by atoms with van der Waals surface area (Å²) in [5.74, 6) is 0. The van der Waals surface area contributed by atoms with Crippen LogP contribution in [0.2, 0.25) is 0 Å². The third-order valence-corrected chi connectivity index (χ3v) is 34.7. The molecule has 0 amide bonds. The van der Waals surface area contributed by atoms with Crippen molar-refractivity contribution in [1.82, 2.24) is 0 Å². The molecule has 6 aliphatic heterocycles. The van der Waals surface area contributed by atoms with E-state index in [-0.39, 0.29) is 20.1 Å². The Balaban J connectivity index is 0.529. The predicted octanol–water partition coefficient (Wildman–Crippen LogP) is 30.1. The van der Waals surface area contributed by atoms with E-state index < -0.39 is 0 Å². The molecular formula is C126H71B3N6O3S3. The van der Waals surface area contributed by atoms with Crippen LogP contribution in [0.15, 0.2) is 444 Å². The zero-order valence-corrected chi connectivity index (χ0v) is 77.8. The minimum absolute atomic E-state index is 0.0265. The topological polar surface area (TPSA) is 58.9 Å². The number of para-hydroxylation sites is 7. The SMILES string of the molecule is c1ccc2c(c1)B1c3cc(-c4ccc5c(c4)oc4c(N6c7ccccc7B7c8cc(-c9cccc%10c9sc9cccc(N%11c%12ccccc%12B%12c%13ccccc%13N(c%13cccc%14oc%15ccccc%15c%13%14)c%13cccc%11c%13%12)c9%10)ccc8N(c8cccc9c8sc8ccccc89)c8cccc6c87)cccc45)ccc3N(c3ccc4c(c3)oc3ccccc34)c3cccc(c31)N2c1ccc2c(c1)sc1ccccc12. The predicted molar refractivity (Wildman–Crippen MR) is 600 cm³/mol. The first-order chi connectivity index (χ1) is 70.0. The number of benzene rings is 21. The number of nitrogens with zero attached hydrogens (tertiary/aromatic N) is 6. The molecule has 0 fully saturated rings. The fraction of sp³-hybridized carbons (Fsp3) is 0. The smallest absolute Gasteiger partial charge is 0.252 e. The summed E-state index contributed by atoms with van der Waals surface area (Å²) < 4.78 is 28.5. The molecule has 27 aromatic rings. The standard InChI is InChI=1S/C126H71B3N6O3S3/c1-13-51-110-78(25-1)79-63-60-75(70-114(79)137-110)130-98-65-58-72(67-92(98)128-88-33-5-9-37-94(88)131(103-44-20-43-102(130)121(103)128)76-61-64-83-81-26-3-15-54-115(81)139-118(83)71-76)73-57-62-80-84-30-18-49-108(124(84)138-113(80)69-73)134-97-40-12-8-36-91(97)129-93-68-74(59-66-99(93)135(107-48-22-47-106(134)123(107)129)109-50-19-31-85-82-27-4-16-55-116(82)140-126(85)109)77-29-17-32-87-120-101(42-24-56-117(120)141-125(77)87)133-96-39-11-7-35-90(96)127-89-34-6-10-38-95(89)132(104-45-21-46-105(133)122(104)127)100-41-23-53-112-119(100)86-28-2-14-52-111(86)136-112/h1-71H. The van der Waals surface area contributed by atoms with Crippen molar-refractivity contribution < 1.29 is 13.3 Å². The van der Waals surface area contributed by atoms with E-state index in [4.69, 9.17) is 13.3 Å². The minimum Gasteiger partial charge on any atom is -0.456 e. The first-order valence-corrected chi connectivity index (χ1v) is 50.8. The highest BCUT2D eigenvalue weighted by Gasteiger charge is 2.49. The van der Waals surface area contributed by atoms with Gasteiger partial charge >= 0.3 is 0 Å². The molecule has 0 radical (unpaired) electrons. The first-order valence-electron chi connectivity index (χ1n) is 48.3. The molecule has 0 bridgehead atoms. The number of hydrogen-bond donors (Lipinski definition) is 0. The lowest BCUT2D eigenvalue weighted by Crippen LogP contribution is -2.61. The summed E-state index contributed by atoms with van der Waals surface area (Å²) in [6.07, 6.45) is 0. The molecule has 12 heterocycles. The number of hydrogen-bond acceptors (Lipinski definition) is 12. The van der Waals surface area contributed by atoms with Crippen LogP contribution >= 0.6 is 34.0 Å². The van der Waals surface area contributed by atoms with Crippen LogP contribution in [0.1, 0.15) is 0 Å². The lowest BCUT2D eigenvalue weighted by Gasteiger charge is -2.44. The van der Waals surface area contributed by atoms with E-state index in [2.05, 4.69) is 460 Å². The molecule has 0 spiro atoms. The molecule has 15 heteroatoms. The lowest BCUT2D eigenvalue weighted by atomic mass is 9.33. The van der Waals surface area contributed by atoms with Crippen molar-refractivity contribution in [3.63, 3.8) is 0 Å². The molecule has 6 aromatic heterocycles. The van der Waals surface area contributed by atoms with Gasteiger partial charge in [0, 0.05) is 168 Å². The summed E-state index contributed by atoms with van der Waals surface area (Å²) in [5.41, 5.74) is 41.2. The Labute approximate surface area is 821 Å². The largest absolute Gasteiger partial charge is 0.456 e. The van der Waals surface area contributed by atoms with Crippen LogP contribution in [0.5, 0.6) is 0 Å². The van der Waals surface area contributed by atoms with Crippen molar-refractivity contribution in [2.75, 3.05) is 29.4 Å². The van der Waals surface area contributed by atoms with Gasteiger partial charge in [0.25, 0.3) is 20.1 Å². The van der Waals surface area contributed by atoms with E-state index in [9.17, 15) is 0 Å². The normalized spacial score (nSPS) is 13.7. The Morgan fingerprint density at radius 3 is 1.22 bits per heavy atom. The van der Waals surface area contributed by atoms with E-state index >= 15 is 0 Å². The molecule has 0 N–H and O–H groups in total. The third kappa shape index (κ3) is 10.5. The van der Waals surface area contributed by atoms with E-state index in [0.717, 1.165) is 157 Å². The van der Waals surface area contributed by atoms with Crippen LogP contribution in [0.4, 0.5) is 102 Å². The molecule has 33 rings (SSSR count). The Hall–Kier alpha value is -17.3. The maximum Gasteiger partial charge on any atom is 0.252 e. The van der Waals surface area contributed by atoms with Crippen molar-refractivity contribution in [2.24, 2.45) is 0 Å². The molecule has 650 valence electrons. The average Bonchev–Trinajstić information content (AvgIpc) is 1.51. The van der Waals surface area contributed by atoms with Crippen LogP contribution in [0, 0.1) is 0 Å². The Morgan fingerprint density at radius 2 is 0.546 bits per heavy atom. The van der Waals surface area contributed by atoms with Crippen molar-refractivity contribution in [3.05, 3.63) is 431 Å². The van der Waals surface area contributed by atoms with Crippen molar-refractivity contribution >= 4 is 332 Å². The van der Waals surface area contributed by atoms with E-state index in [1.807, 2.05) is 34.0 Å². The van der Waals surface area contributed by atoms with Crippen LogP contribution in [0.3, 0.4) is 0 Å². The summed E-state index contributed by atoms with van der Waals surface area (Å²) in [6.45, 7) is -0.319. The van der Waals surface area contributed by atoms with Gasteiger partial charge in [-0.15, -0.1) is 34.0 Å². The Bertz CT molecular complexity index is 10300. The van der Waals surface area contributed by atoms with E-state index in [1.165, 1.54) is 144 Å². The second-order valence-corrected chi connectivity index (χ2v) is 41.4. The molecule has 0 aliphatic carbocycles. The minimum atomic E-state index is -0.176. The van der Waals surface area contributed by atoms with Gasteiger partial charge in [0.15, 0.2) is 5.58 Å². The van der Waals surface area contributed by atoms with Crippen LogP contribution in [-0.2, 0) is 0 Å². The maximum atomic E-state index is 7.64. The zero-order valence-electron chi connectivity index (χ0n) is 75.4. The summed E-state index contributed by atoms with van der Waals surface area (Å²) in [7, 11) is 0. The highest BCUT2D eigenvalue weighted by molar-refractivity contribution is 7.27. The van der Waals surface area contributed by atoms with Gasteiger partial charge in [-0.2, -0.15) is 0 Å². The number of furan rings is 3. The molecule has 9 nitrogen and oxygen atoms in total. The van der Waals surface area contributed by atoms with Gasteiger partial charge in [-0.1, -0.05) is 255 Å². The number of anilines is 18. The molecule has 21 aromatic carbocycles. The van der Waals surface area contributed by atoms with Crippen LogP contribution < -0.4 is 78.6 Å². The quantitative estimate of drug-likeness (QED) is 0.139. The van der Waals surface area contributed by atoms with Crippen molar-refractivity contribution in [1.29, 1.82) is 0 Å². The summed E-state index contributed by atoms with van der Waals surface area (Å²) in [4.78, 5) is 15.2. The van der Waals surface area contributed by atoms with Crippen LogP contribution in [0.25, 0.3) is 149 Å². The highest BCUT2D eigenvalue weighted by Crippen LogP contribution is 2.57. The summed E-state index contributed by atoms with van der Waals surface area (Å²) in [5, 5.41) is 14.1. The molecule has 141 heavy (non-hydrogen) atoms. The van der Waals surface area contributed by atoms with Gasteiger partial charge in [-0.3, -0.25) is 0 Å². The van der Waals surface area contributed by atoms with Crippen molar-refractivity contribution in [3.8, 4) is 22.3 Å². The summed E-state index contributed by atoms with van der Waals surface area (Å²) >= 11 is 5.64. The molecule has 0 saturated carbocycles. The van der Waals surface area contributed by atoms with Gasteiger partial charge in [-0.25, -0.2) is 0 Å². The Kier molecular flexibility index (Phi) is 15.6. The highest BCUT2D eigenvalue weighted by atomic mass is 32.1. The van der Waals surface area contributed by atoms with E-state index in [1.54, 1.807) is 0 Å². The van der Waals surface area contributed by atoms with Gasteiger partial charge < -0.3 is 42.7 Å². The second kappa shape index (κ2) is 28.7. The molecule has 6 aliphatic rings. The molecule has 0 atom stereocenters. The average molecular weight is 1850 g/mol. The maximum absolute atomic E-state index is 7.64. The number of fused-ring (bicyclic) bond motifs is 30. The first kappa shape index (κ1) is 76.8. The van der Waals surface area contributed by atoms with Gasteiger partial charge in [-0.05, 0) is 241 Å². The fourth-order valence-electron chi connectivity index (χ4n) is 25.5. The van der Waals surface area contributed by atoms with Gasteiger partial charge in [0.05, 0.1) is 32.8 Å². The van der Waals surface area contributed by atoms with Gasteiger partial charge in [0.2, 0.25) is 0 Å². The molecular weight excluding hydrogens is 1770 g/mol. The zero-order chi connectivity index (χ0) is 91.4.